The molecule has 0 aromatic heterocycles. The van der Waals surface area contributed by atoms with Crippen LogP contribution in [0, 0.1) is 0 Å². The molecule has 102 valence electrons. The minimum absolute atomic E-state index is 0.0463. The van der Waals surface area contributed by atoms with Crippen molar-refractivity contribution >= 4 is 17.7 Å². The van der Waals surface area contributed by atoms with Gasteiger partial charge in [0.05, 0.1) is 13.0 Å². The molecule has 18 heavy (non-hydrogen) atoms. The fourth-order valence-corrected chi connectivity index (χ4v) is 0.917. The monoisotopic (exact) mass is 258 g/mol. The summed E-state index contributed by atoms with van der Waals surface area (Å²) in [5.41, 5.74) is 0. The van der Waals surface area contributed by atoms with Crippen LogP contribution < -0.4 is 0 Å². The number of carboxylic acids is 1. The Morgan fingerprint density at radius 1 is 1.50 bits per heavy atom. The van der Waals surface area contributed by atoms with E-state index < -0.39 is 5.97 Å². The molecule has 6 heteroatoms. The Morgan fingerprint density at radius 3 is 2.33 bits per heavy atom. The molecule has 1 heterocycles. The molecule has 0 saturated carbocycles. The van der Waals surface area contributed by atoms with Crippen LogP contribution in [-0.4, -0.2) is 41.6 Å². The van der Waals surface area contributed by atoms with Crippen LogP contribution in [0.15, 0.2) is 12.7 Å². The fourth-order valence-electron chi connectivity index (χ4n) is 0.917. The molecule has 0 radical (unpaired) electrons. The van der Waals surface area contributed by atoms with Gasteiger partial charge in [-0.05, 0) is 13.8 Å². The van der Waals surface area contributed by atoms with Crippen LogP contribution in [0.1, 0.15) is 26.7 Å². The van der Waals surface area contributed by atoms with Crippen LogP contribution in [0.4, 0.5) is 0 Å². The first-order chi connectivity index (χ1) is 8.36. The zero-order valence-corrected chi connectivity index (χ0v) is 10.5. The minimum atomic E-state index is -0.916. The Hall–Kier alpha value is -1.69. The van der Waals surface area contributed by atoms with Crippen LogP contribution in [0.2, 0.25) is 0 Å². The summed E-state index contributed by atoms with van der Waals surface area (Å²) in [6.45, 7) is 7.16. The smallest absolute Gasteiger partial charge is 0.330 e. The number of carbonyl (C=O) groups excluding carboxylic acids is 2. The largest absolute Gasteiger partial charge is 0.481 e. The van der Waals surface area contributed by atoms with Gasteiger partial charge in [0.2, 0.25) is 0 Å². The third kappa shape index (κ3) is 9.53. The number of ketones is 1. The van der Waals surface area contributed by atoms with E-state index >= 15 is 0 Å². The molecule has 1 rings (SSSR count). The number of carboxylic acid groups (broad SMARTS) is 1. The van der Waals surface area contributed by atoms with Crippen molar-refractivity contribution in [1.29, 1.82) is 0 Å². The first-order valence-corrected chi connectivity index (χ1v) is 5.52. The van der Waals surface area contributed by atoms with Crippen molar-refractivity contribution in [2.75, 3.05) is 6.61 Å². The lowest BCUT2D eigenvalue weighted by Gasteiger charge is -2.06. The summed E-state index contributed by atoms with van der Waals surface area (Å²) >= 11 is 0. The van der Waals surface area contributed by atoms with E-state index in [9.17, 15) is 14.4 Å². The summed E-state index contributed by atoms with van der Waals surface area (Å²) in [7, 11) is 0. The lowest BCUT2D eigenvalue weighted by Crippen LogP contribution is -2.18. The van der Waals surface area contributed by atoms with Crippen molar-refractivity contribution in [1.82, 2.24) is 0 Å². The topological polar surface area (TPSA) is 93.2 Å². The maximum absolute atomic E-state index is 10.6. The van der Waals surface area contributed by atoms with E-state index in [4.69, 9.17) is 14.6 Å². The van der Waals surface area contributed by atoms with E-state index in [0.717, 1.165) is 6.08 Å². The van der Waals surface area contributed by atoms with Gasteiger partial charge in [0.1, 0.15) is 18.0 Å². The molecule has 1 aliphatic rings. The third-order valence-corrected chi connectivity index (χ3v) is 2.04. The van der Waals surface area contributed by atoms with Gasteiger partial charge < -0.3 is 19.4 Å². The van der Waals surface area contributed by atoms with Gasteiger partial charge in [0.15, 0.2) is 0 Å². The molecule has 1 fully saturated rings. The second-order valence-electron chi connectivity index (χ2n) is 3.81. The van der Waals surface area contributed by atoms with E-state index in [1.165, 1.54) is 6.92 Å². The van der Waals surface area contributed by atoms with Crippen LogP contribution in [0.3, 0.4) is 0 Å². The molecule has 6 nitrogen and oxygen atoms in total. The average molecular weight is 258 g/mol. The normalized spacial score (nSPS) is 17.8. The third-order valence-electron chi connectivity index (χ3n) is 2.04. The maximum Gasteiger partial charge on any atom is 0.330 e. The number of ether oxygens (including phenoxy) is 2. The van der Waals surface area contributed by atoms with Gasteiger partial charge >= 0.3 is 11.9 Å². The highest BCUT2D eigenvalue weighted by molar-refractivity contribution is 5.81. The lowest BCUT2D eigenvalue weighted by atomic mass is 10.2. The molecule has 2 unspecified atom stereocenters. The summed E-state index contributed by atoms with van der Waals surface area (Å²) in [5, 5.41) is 8.01. The van der Waals surface area contributed by atoms with Crippen molar-refractivity contribution in [3.8, 4) is 0 Å². The predicted molar refractivity (Wildman–Crippen MR) is 63.0 cm³/mol. The van der Waals surface area contributed by atoms with Crippen molar-refractivity contribution in [2.24, 2.45) is 0 Å². The second kappa shape index (κ2) is 8.41. The summed E-state index contributed by atoms with van der Waals surface area (Å²) in [4.78, 5) is 30.4. The first-order valence-electron chi connectivity index (χ1n) is 5.52. The quantitative estimate of drug-likeness (QED) is 0.433. The highest BCUT2D eigenvalue weighted by Crippen LogP contribution is 2.16. The van der Waals surface area contributed by atoms with E-state index in [-0.39, 0.29) is 36.8 Å². The number of esters is 1. The Kier molecular flexibility index (Phi) is 7.62. The summed E-state index contributed by atoms with van der Waals surface area (Å²) in [6.07, 6.45) is 1.23. The highest BCUT2D eigenvalue weighted by Gasteiger charge is 2.31. The summed E-state index contributed by atoms with van der Waals surface area (Å²) in [6, 6.07) is 0. The summed E-state index contributed by atoms with van der Waals surface area (Å²) in [5.74, 6) is -1.38. The molecule has 2 atom stereocenters. The molecule has 0 spiro atoms. The van der Waals surface area contributed by atoms with Crippen molar-refractivity contribution in [3.63, 3.8) is 0 Å². The van der Waals surface area contributed by atoms with Crippen LogP contribution >= 0.6 is 0 Å². The Balaban J connectivity index is 0.000000331. The molecule has 0 amide bonds. The Labute approximate surface area is 106 Å². The number of hydrogen-bond acceptors (Lipinski definition) is 5. The molecule has 1 aliphatic heterocycles. The maximum atomic E-state index is 10.6. The van der Waals surface area contributed by atoms with E-state index in [2.05, 4.69) is 6.58 Å². The first kappa shape index (κ1) is 16.3. The fraction of sp³-hybridized carbons (Fsp3) is 0.583. The van der Waals surface area contributed by atoms with Gasteiger partial charge in [-0.1, -0.05) is 6.58 Å². The van der Waals surface area contributed by atoms with Gasteiger partial charge in [0, 0.05) is 12.5 Å². The van der Waals surface area contributed by atoms with Gasteiger partial charge in [-0.3, -0.25) is 4.79 Å². The Morgan fingerprint density at radius 2 is 2.06 bits per heavy atom. The van der Waals surface area contributed by atoms with Gasteiger partial charge in [0.25, 0.3) is 0 Å². The molecule has 1 N–H and O–H groups in total. The number of hydrogen-bond donors (Lipinski definition) is 1. The molecule has 0 aromatic carbocycles. The second-order valence-corrected chi connectivity index (χ2v) is 3.81. The Bertz CT molecular complexity index is 305. The van der Waals surface area contributed by atoms with Crippen molar-refractivity contribution in [2.45, 2.75) is 38.9 Å². The number of Topliss-reactive ketones (excluding diaryl/α,β-unsaturated/α-hetero) is 1. The van der Waals surface area contributed by atoms with E-state index in [1.54, 1.807) is 6.92 Å². The van der Waals surface area contributed by atoms with Gasteiger partial charge in [-0.25, -0.2) is 4.79 Å². The standard InChI is InChI=1S/C7H10O3.C5H8O3/c1-3-7(8)10-5(2)6-4-9-6;1-4(6)2-3-5(7)8/h3,5-6H,1,4H2,2H3;2-3H2,1H3,(H,7,8). The molecule has 0 aromatic rings. The van der Waals surface area contributed by atoms with Crippen LogP contribution in [0.25, 0.3) is 0 Å². The number of epoxide rings is 1. The van der Waals surface area contributed by atoms with E-state index in [0.29, 0.717) is 6.61 Å². The molecular formula is C12H18O6. The predicted octanol–water partition coefficient (Wildman–Crippen LogP) is 0.943. The number of aliphatic carboxylic acids is 1. The van der Waals surface area contributed by atoms with Crippen molar-refractivity contribution in [3.05, 3.63) is 12.7 Å². The number of carbonyl (C=O) groups is 3. The van der Waals surface area contributed by atoms with Crippen molar-refractivity contribution < 1.29 is 29.0 Å². The summed E-state index contributed by atoms with van der Waals surface area (Å²) < 4.78 is 9.75. The molecule has 0 bridgehead atoms. The average Bonchev–Trinajstić information content (AvgIpc) is 3.10. The molecule has 1 saturated heterocycles. The van der Waals surface area contributed by atoms with Crippen LogP contribution in [-0.2, 0) is 23.9 Å². The zero-order valence-electron chi connectivity index (χ0n) is 10.5. The zero-order chi connectivity index (χ0) is 14.1. The molecular weight excluding hydrogens is 240 g/mol. The van der Waals surface area contributed by atoms with Gasteiger partial charge in [-0.2, -0.15) is 0 Å². The molecule has 0 aliphatic carbocycles. The highest BCUT2D eigenvalue weighted by atomic mass is 16.6. The van der Waals surface area contributed by atoms with E-state index in [1.807, 2.05) is 0 Å². The van der Waals surface area contributed by atoms with Gasteiger partial charge in [-0.15, -0.1) is 0 Å². The minimum Gasteiger partial charge on any atom is -0.481 e. The lowest BCUT2D eigenvalue weighted by molar-refractivity contribution is -0.143. The SMILES string of the molecule is C=CC(=O)OC(C)C1CO1.CC(=O)CCC(=O)O. The van der Waals surface area contributed by atoms with Crippen LogP contribution in [0.5, 0.6) is 0 Å². The number of rotatable bonds is 6.